The number of aromatic nitrogens is 2. The van der Waals surface area contributed by atoms with Crippen molar-refractivity contribution >= 4 is 11.6 Å². The molecule has 0 radical (unpaired) electrons. The highest BCUT2D eigenvalue weighted by Crippen LogP contribution is 2.25. The summed E-state index contributed by atoms with van der Waals surface area (Å²) in [6, 6.07) is 0.434. The van der Waals surface area contributed by atoms with Gasteiger partial charge in [0.05, 0.1) is 16.4 Å². The number of nitrogens with one attached hydrogen (secondary N) is 1. The highest BCUT2D eigenvalue weighted by atomic mass is 35.5. The van der Waals surface area contributed by atoms with Gasteiger partial charge in [0.25, 0.3) is 0 Å². The van der Waals surface area contributed by atoms with E-state index in [1.165, 1.54) is 0 Å². The number of rotatable bonds is 6. The lowest BCUT2D eigenvalue weighted by Gasteiger charge is -2.27. The van der Waals surface area contributed by atoms with Crippen LogP contribution in [0.3, 0.4) is 0 Å². The lowest BCUT2D eigenvalue weighted by atomic mass is 9.88. The van der Waals surface area contributed by atoms with Crippen LogP contribution >= 0.6 is 11.6 Å². The normalized spacial score (nSPS) is 15.1. The van der Waals surface area contributed by atoms with Crippen molar-refractivity contribution in [3.8, 4) is 0 Å². The highest BCUT2D eigenvalue weighted by Gasteiger charge is 2.23. The minimum absolute atomic E-state index is 0.434. The van der Waals surface area contributed by atoms with Crippen molar-refractivity contribution in [2.75, 3.05) is 7.05 Å². The topological polar surface area (TPSA) is 29.9 Å². The Labute approximate surface area is 116 Å². The summed E-state index contributed by atoms with van der Waals surface area (Å²) in [5.41, 5.74) is 2.09. The van der Waals surface area contributed by atoms with E-state index >= 15 is 0 Å². The Kier molecular flexibility index (Phi) is 5.67. The Morgan fingerprint density at radius 3 is 2.39 bits per heavy atom. The van der Waals surface area contributed by atoms with Gasteiger partial charge in [-0.05, 0) is 32.7 Å². The van der Waals surface area contributed by atoms with E-state index in [4.69, 9.17) is 11.6 Å². The fourth-order valence-corrected chi connectivity index (χ4v) is 2.50. The first-order valence-corrected chi connectivity index (χ1v) is 7.19. The molecule has 0 aliphatic rings. The van der Waals surface area contributed by atoms with Gasteiger partial charge in [0.2, 0.25) is 0 Å². The lowest BCUT2D eigenvalue weighted by Crippen LogP contribution is -2.37. The molecule has 104 valence electrons. The summed E-state index contributed by atoms with van der Waals surface area (Å²) in [6.45, 7) is 11.8. The molecule has 0 saturated heterocycles. The fourth-order valence-electron chi connectivity index (χ4n) is 2.29. The maximum Gasteiger partial charge on any atom is 0.0847 e. The molecule has 0 aliphatic heterocycles. The van der Waals surface area contributed by atoms with E-state index in [1.807, 2.05) is 18.7 Å². The molecule has 18 heavy (non-hydrogen) atoms. The molecule has 1 aromatic heterocycles. The summed E-state index contributed by atoms with van der Waals surface area (Å²) in [5.74, 6) is 1.26. The number of nitrogens with zero attached hydrogens (tertiary/aromatic N) is 2. The summed E-state index contributed by atoms with van der Waals surface area (Å²) < 4.78 is 2.02. The number of hydrogen-bond acceptors (Lipinski definition) is 2. The number of likely N-dealkylation sites (N-methyl/N-ethyl adjacent to an activating group) is 1. The first kappa shape index (κ1) is 15.5. The Morgan fingerprint density at radius 1 is 1.33 bits per heavy atom. The van der Waals surface area contributed by atoms with Crippen LogP contribution in [-0.2, 0) is 13.0 Å². The molecule has 4 heteroatoms. The molecule has 1 rings (SSSR count). The van der Waals surface area contributed by atoms with E-state index in [0.29, 0.717) is 17.9 Å². The van der Waals surface area contributed by atoms with Crippen molar-refractivity contribution in [2.24, 2.45) is 11.8 Å². The average Bonchev–Trinajstić information content (AvgIpc) is 2.61. The zero-order chi connectivity index (χ0) is 13.9. The third-order valence-corrected chi connectivity index (χ3v) is 4.41. The molecule has 3 nitrogen and oxygen atoms in total. The molecular formula is C14H26ClN3. The quantitative estimate of drug-likeness (QED) is 0.861. The van der Waals surface area contributed by atoms with Gasteiger partial charge in [0.15, 0.2) is 0 Å². The van der Waals surface area contributed by atoms with Crippen LogP contribution < -0.4 is 5.32 Å². The van der Waals surface area contributed by atoms with Gasteiger partial charge in [0.1, 0.15) is 0 Å². The van der Waals surface area contributed by atoms with E-state index in [-0.39, 0.29) is 0 Å². The molecule has 0 fully saturated rings. The second-order valence-corrected chi connectivity index (χ2v) is 5.74. The van der Waals surface area contributed by atoms with Gasteiger partial charge >= 0.3 is 0 Å². The molecule has 0 amide bonds. The minimum atomic E-state index is 0.434. The third kappa shape index (κ3) is 3.27. The van der Waals surface area contributed by atoms with Crippen LogP contribution in [0.1, 0.15) is 39.1 Å². The Morgan fingerprint density at radius 2 is 1.94 bits per heavy atom. The van der Waals surface area contributed by atoms with Gasteiger partial charge in [-0.1, -0.05) is 32.4 Å². The molecule has 2 atom stereocenters. The van der Waals surface area contributed by atoms with Gasteiger partial charge in [-0.2, -0.15) is 5.10 Å². The second-order valence-electron chi connectivity index (χ2n) is 5.36. The molecule has 0 spiro atoms. The van der Waals surface area contributed by atoms with Crippen LogP contribution in [0.25, 0.3) is 0 Å². The second kappa shape index (κ2) is 6.58. The van der Waals surface area contributed by atoms with Gasteiger partial charge in [0, 0.05) is 19.0 Å². The Balaban J connectivity index is 2.94. The van der Waals surface area contributed by atoms with E-state index in [1.54, 1.807) is 0 Å². The van der Waals surface area contributed by atoms with E-state index in [0.717, 1.165) is 29.4 Å². The maximum absolute atomic E-state index is 6.37. The van der Waals surface area contributed by atoms with Crippen molar-refractivity contribution in [3.05, 3.63) is 16.4 Å². The van der Waals surface area contributed by atoms with Crippen LogP contribution in [0, 0.1) is 18.8 Å². The zero-order valence-corrected chi connectivity index (χ0v) is 13.2. The first-order chi connectivity index (χ1) is 8.42. The molecule has 1 heterocycles. The molecule has 1 N–H and O–H groups in total. The summed E-state index contributed by atoms with van der Waals surface area (Å²) in [7, 11) is 2.02. The summed E-state index contributed by atoms with van der Waals surface area (Å²) in [4.78, 5) is 0. The summed E-state index contributed by atoms with van der Waals surface area (Å²) in [5, 5.41) is 8.72. The van der Waals surface area contributed by atoms with Crippen molar-refractivity contribution in [1.82, 2.24) is 15.1 Å². The maximum atomic E-state index is 6.37. The molecule has 0 saturated carbocycles. The summed E-state index contributed by atoms with van der Waals surface area (Å²) >= 11 is 6.37. The lowest BCUT2D eigenvalue weighted by molar-refractivity contribution is 0.305. The van der Waals surface area contributed by atoms with Crippen LogP contribution in [0.5, 0.6) is 0 Å². The Bertz CT molecular complexity index is 385. The molecule has 2 unspecified atom stereocenters. The minimum Gasteiger partial charge on any atom is -0.316 e. The van der Waals surface area contributed by atoms with Gasteiger partial charge in [-0.15, -0.1) is 0 Å². The van der Waals surface area contributed by atoms with Crippen molar-refractivity contribution in [1.29, 1.82) is 0 Å². The molecular weight excluding hydrogens is 246 g/mol. The first-order valence-electron chi connectivity index (χ1n) is 6.81. The standard InChI is InChI=1S/C14H26ClN3/c1-7-18-13(14(15)11(5)17-18)8-12(16-6)10(4)9(2)3/h9-10,12,16H,7-8H2,1-6H3. The van der Waals surface area contributed by atoms with E-state index in [9.17, 15) is 0 Å². The number of halogens is 1. The SMILES string of the molecule is CCn1nc(C)c(Cl)c1CC(NC)C(C)C(C)C. The predicted molar refractivity (Wildman–Crippen MR) is 78.2 cm³/mol. The predicted octanol–water partition coefficient (Wildman–Crippen LogP) is 3.29. The largest absolute Gasteiger partial charge is 0.316 e. The smallest absolute Gasteiger partial charge is 0.0847 e. The van der Waals surface area contributed by atoms with Crippen molar-refractivity contribution in [3.63, 3.8) is 0 Å². The fraction of sp³-hybridized carbons (Fsp3) is 0.786. The van der Waals surface area contributed by atoms with Gasteiger partial charge in [-0.3, -0.25) is 4.68 Å². The monoisotopic (exact) mass is 271 g/mol. The van der Waals surface area contributed by atoms with Crippen LogP contribution in [0.2, 0.25) is 5.02 Å². The zero-order valence-electron chi connectivity index (χ0n) is 12.4. The van der Waals surface area contributed by atoms with Crippen LogP contribution in [0.15, 0.2) is 0 Å². The molecule has 0 aromatic carbocycles. The molecule has 0 aliphatic carbocycles. The van der Waals surface area contributed by atoms with E-state index < -0.39 is 0 Å². The van der Waals surface area contributed by atoms with Gasteiger partial charge < -0.3 is 5.32 Å². The summed E-state index contributed by atoms with van der Waals surface area (Å²) in [6.07, 6.45) is 0.934. The van der Waals surface area contributed by atoms with Crippen molar-refractivity contribution < 1.29 is 0 Å². The number of hydrogen-bond donors (Lipinski definition) is 1. The molecule has 1 aromatic rings. The van der Waals surface area contributed by atoms with Crippen LogP contribution in [0.4, 0.5) is 0 Å². The number of aryl methyl sites for hydroxylation is 2. The van der Waals surface area contributed by atoms with Gasteiger partial charge in [-0.25, -0.2) is 0 Å². The van der Waals surface area contributed by atoms with E-state index in [2.05, 4.69) is 38.1 Å². The van der Waals surface area contributed by atoms with Crippen molar-refractivity contribution in [2.45, 2.75) is 53.6 Å². The third-order valence-electron chi connectivity index (χ3n) is 3.92. The highest BCUT2D eigenvalue weighted by molar-refractivity contribution is 6.31. The Hall–Kier alpha value is -0.540. The van der Waals surface area contributed by atoms with Crippen LogP contribution in [-0.4, -0.2) is 22.9 Å². The molecule has 0 bridgehead atoms. The average molecular weight is 272 g/mol.